The SMILES string of the molecule is Cc1ccccc1N(c1ccc(-c2ccc3c4ccccc4n(-c4ccccc4)c3c2)cc1)c1cccc(-c2cc3cccc4c3c(n2)-c2ccccc2-4)c1. The molecule has 3 nitrogen and oxygen atoms in total. The molecule has 2 aromatic heterocycles. The molecule has 0 amide bonds. The quantitative estimate of drug-likeness (QED) is 0.172. The predicted molar refractivity (Wildman–Crippen MR) is 231 cm³/mol. The minimum atomic E-state index is 0.974. The number of hydrogen-bond donors (Lipinski definition) is 0. The maximum Gasteiger partial charge on any atom is 0.0800 e. The van der Waals surface area contributed by atoms with Crippen molar-refractivity contribution in [2.75, 3.05) is 4.90 Å². The lowest BCUT2D eigenvalue weighted by Crippen LogP contribution is -2.11. The molecule has 0 spiro atoms. The van der Waals surface area contributed by atoms with Crippen LogP contribution in [0.25, 0.3) is 83.0 Å². The summed E-state index contributed by atoms with van der Waals surface area (Å²) in [5.74, 6) is 0. The van der Waals surface area contributed by atoms with Gasteiger partial charge in [0.2, 0.25) is 0 Å². The molecule has 8 aromatic carbocycles. The molecule has 0 fully saturated rings. The highest BCUT2D eigenvalue weighted by Crippen LogP contribution is 2.47. The average Bonchev–Trinajstić information content (AvgIpc) is 3.75. The summed E-state index contributed by atoms with van der Waals surface area (Å²) in [7, 11) is 0. The van der Waals surface area contributed by atoms with Gasteiger partial charge in [0.05, 0.1) is 22.4 Å². The van der Waals surface area contributed by atoms with Gasteiger partial charge in [-0.05, 0) is 101 Å². The van der Waals surface area contributed by atoms with Crippen LogP contribution >= 0.6 is 0 Å². The molecule has 1 aliphatic carbocycles. The van der Waals surface area contributed by atoms with E-state index in [9.17, 15) is 0 Å². The summed E-state index contributed by atoms with van der Waals surface area (Å²) < 4.78 is 2.38. The molecule has 0 unspecified atom stereocenters. The zero-order chi connectivity index (χ0) is 36.5. The Morgan fingerprint density at radius 1 is 0.455 bits per heavy atom. The summed E-state index contributed by atoms with van der Waals surface area (Å²) in [6.07, 6.45) is 0. The van der Waals surface area contributed by atoms with Crippen LogP contribution in [0, 0.1) is 6.92 Å². The van der Waals surface area contributed by atoms with Crippen LogP contribution in [0.5, 0.6) is 0 Å². The second-order valence-electron chi connectivity index (χ2n) is 14.4. The van der Waals surface area contributed by atoms with E-state index >= 15 is 0 Å². The number of nitrogens with zero attached hydrogens (tertiary/aromatic N) is 3. The van der Waals surface area contributed by atoms with Gasteiger partial charge in [-0.3, -0.25) is 0 Å². The lowest BCUT2D eigenvalue weighted by Gasteiger charge is -2.27. The molecule has 258 valence electrons. The van der Waals surface area contributed by atoms with Crippen LogP contribution in [0.1, 0.15) is 5.56 Å². The van der Waals surface area contributed by atoms with Gasteiger partial charge in [-0.25, -0.2) is 4.98 Å². The standard InChI is InChI=1S/C52H35N3/c1-34-13-5-9-23-48(34)54(41-18-11-14-37(31-41)47-32-38-15-12-22-45-42-19-6-7-21-46(42)52(53-47)51(38)45)40-28-25-35(26-29-40)36-27-30-44-43-20-8-10-24-49(43)55(50(44)33-36)39-16-3-2-4-17-39/h2-33H,1H3. The Labute approximate surface area is 320 Å². The number of aryl methyl sites for hydroxylation is 1. The summed E-state index contributed by atoms with van der Waals surface area (Å²) in [5, 5.41) is 4.97. The van der Waals surface area contributed by atoms with Crippen molar-refractivity contribution in [2.24, 2.45) is 0 Å². The normalized spacial score (nSPS) is 11.7. The van der Waals surface area contributed by atoms with E-state index in [0.29, 0.717) is 0 Å². The van der Waals surface area contributed by atoms with Crippen LogP contribution in [0.15, 0.2) is 194 Å². The van der Waals surface area contributed by atoms with Gasteiger partial charge in [0.25, 0.3) is 0 Å². The minimum absolute atomic E-state index is 0.974. The lowest BCUT2D eigenvalue weighted by molar-refractivity contribution is 1.18. The third-order valence-electron chi connectivity index (χ3n) is 11.2. The third-order valence-corrected chi connectivity index (χ3v) is 11.2. The highest BCUT2D eigenvalue weighted by Gasteiger charge is 2.24. The zero-order valence-corrected chi connectivity index (χ0v) is 30.3. The number of pyridine rings is 1. The number of aromatic nitrogens is 2. The van der Waals surface area contributed by atoms with Gasteiger partial charge in [0.15, 0.2) is 0 Å². The van der Waals surface area contributed by atoms with Gasteiger partial charge in [-0.1, -0.05) is 133 Å². The summed E-state index contributed by atoms with van der Waals surface area (Å²) >= 11 is 0. The first-order chi connectivity index (χ1) is 27.2. The van der Waals surface area contributed by atoms with Crippen LogP contribution in [0.3, 0.4) is 0 Å². The van der Waals surface area contributed by atoms with E-state index in [-0.39, 0.29) is 0 Å². The second kappa shape index (κ2) is 12.4. The van der Waals surface area contributed by atoms with E-state index in [4.69, 9.17) is 4.98 Å². The van der Waals surface area contributed by atoms with E-state index in [2.05, 4.69) is 211 Å². The van der Waals surface area contributed by atoms with Crippen molar-refractivity contribution in [2.45, 2.75) is 6.92 Å². The second-order valence-corrected chi connectivity index (χ2v) is 14.4. The van der Waals surface area contributed by atoms with Crippen molar-refractivity contribution in [3.8, 4) is 50.5 Å². The van der Waals surface area contributed by atoms with Crippen molar-refractivity contribution in [1.29, 1.82) is 0 Å². The van der Waals surface area contributed by atoms with Crippen LogP contribution in [0.2, 0.25) is 0 Å². The van der Waals surface area contributed by atoms with Crippen LogP contribution in [-0.4, -0.2) is 9.55 Å². The van der Waals surface area contributed by atoms with Crippen LogP contribution in [0.4, 0.5) is 17.1 Å². The minimum Gasteiger partial charge on any atom is -0.310 e. The van der Waals surface area contributed by atoms with Crippen molar-refractivity contribution in [3.05, 3.63) is 200 Å². The Morgan fingerprint density at radius 3 is 2.04 bits per heavy atom. The molecular weight excluding hydrogens is 667 g/mol. The van der Waals surface area contributed by atoms with E-state index < -0.39 is 0 Å². The largest absolute Gasteiger partial charge is 0.310 e. The fourth-order valence-corrected chi connectivity index (χ4v) is 8.66. The van der Waals surface area contributed by atoms with Crippen LogP contribution < -0.4 is 4.90 Å². The summed E-state index contributed by atoms with van der Waals surface area (Å²) in [6, 6.07) is 70.1. The molecule has 11 rings (SSSR count). The van der Waals surface area contributed by atoms with Crippen molar-refractivity contribution < 1.29 is 0 Å². The van der Waals surface area contributed by atoms with E-state index in [1.165, 1.54) is 66.0 Å². The summed E-state index contributed by atoms with van der Waals surface area (Å²) in [5.41, 5.74) is 17.3. The molecule has 0 aliphatic heterocycles. The Hall–Kier alpha value is -7.23. The van der Waals surface area contributed by atoms with E-state index in [1.807, 2.05) is 0 Å². The fourth-order valence-electron chi connectivity index (χ4n) is 8.66. The first-order valence-corrected chi connectivity index (χ1v) is 18.9. The number of hydrogen-bond acceptors (Lipinski definition) is 2. The number of rotatable bonds is 6. The van der Waals surface area contributed by atoms with Gasteiger partial charge in [-0.2, -0.15) is 0 Å². The zero-order valence-electron chi connectivity index (χ0n) is 30.3. The smallest absolute Gasteiger partial charge is 0.0800 e. The average molecular weight is 702 g/mol. The monoisotopic (exact) mass is 701 g/mol. The third kappa shape index (κ3) is 5.01. The van der Waals surface area contributed by atoms with Gasteiger partial charge in [0.1, 0.15) is 0 Å². The maximum atomic E-state index is 5.33. The summed E-state index contributed by atoms with van der Waals surface area (Å²) in [6.45, 7) is 2.18. The van der Waals surface area contributed by atoms with Gasteiger partial charge in [0, 0.05) is 50.0 Å². The van der Waals surface area contributed by atoms with Crippen molar-refractivity contribution >= 4 is 49.6 Å². The molecule has 0 radical (unpaired) electrons. The van der Waals surface area contributed by atoms with Gasteiger partial charge in [-0.15, -0.1) is 0 Å². The molecular formula is C52H35N3. The Kier molecular flexibility index (Phi) is 7.08. The molecule has 55 heavy (non-hydrogen) atoms. The molecule has 0 saturated heterocycles. The molecule has 3 heteroatoms. The topological polar surface area (TPSA) is 21.1 Å². The van der Waals surface area contributed by atoms with Crippen LogP contribution in [-0.2, 0) is 0 Å². The number of benzene rings is 8. The molecule has 0 N–H and O–H groups in total. The molecule has 0 atom stereocenters. The first kappa shape index (κ1) is 31.3. The van der Waals surface area contributed by atoms with Crippen molar-refractivity contribution in [3.63, 3.8) is 0 Å². The Bertz CT molecular complexity index is 3100. The molecule has 1 aliphatic rings. The molecule has 2 heterocycles. The molecule has 0 saturated carbocycles. The summed E-state index contributed by atoms with van der Waals surface area (Å²) in [4.78, 5) is 7.70. The fraction of sp³-hybridized carbons (Fsp3) is 0.0192. The highest BCUT2D eigenvalue weighted by atomic mass is 15.1. The predicted octanol–water partition coefficient (Wildman–Crippen LogP) is 14.1. The maximum absolute atomic E-state index is 5.33. The lowest BCUT2D eigenvalue weighted by atomic mass is 10.0. The number of fused-ring (bicyclic) bond motifs is 6. The van der Waals surface area contributed by atoms with Gasteiger partial charge < -0.3 is 9.47 Å². The van der Waals surface area contributed by atoms with Gasteiger partial charge >= 0.3 is 0 Å². The molecule has 10 aromatic rings. The van der Waals surface area contributed by atoms with E-state index in [0.717, 1.165) is 39.7 Å². The molecule has 0 bridgehead atoms. The highest BCUT2D eigenvalue weighted by molar-refractivity contribution is 6.15. The Balaban J connectivity index is 1.01. The number of para-hydroxylation sites is 3. The van der Waals surface area contributed by atoms with E-state index in [1.54, 1.807) is 0 Å². The van der Waals surface area contributed by atoms with Crippen molar-refractivity contribution in [1.82, 2.24) is 9.55 Å². The number of anilines is 3. The Morgan fingerprint density at radius 2 is 1.16 bits per heavy atom. The first-order valence-electron chi connectivity index (χ1n) is 18.9.